The molecule has 0 saturated heterocycles. The summed E-state index contributed by atoms with van der Waals surface area (Å²) < 4.78 is 5.20. The van der Waals surface area contributed by atoms with Gasteiger partial charge in [-0.15, -0.1) is 0 Å². The van der Waals surface area contributed by atoms with E-state index in [0.29, 0.717) is 22.8 Å². The number of nitrogens with one attached hydrogen (secondary N) is 2. The number of furan rings is 1. The SMILES string of the molecule is O=C1Nc2ccccc2S/C1=C/c1ccc(C(=O)NCc2ccco2)cc1. The van der Waals surface area contributed by atoms with Crippen LogP contribution in [0.1, 0.15) is 21.7 Å². The molecule has 0 fully saturated rings. The summed E-state index contributed by atoms with van der Waals surface area (Å²) in [7, 11) is 0. The van der Waals surface area contributed by atoms with Crippen LogP contribution < -0.4 is 10.6 Å². The van der Waals surface area contributed by atoms with Crippen molar-refractivity contribution in [3.8, 4) is 0 Å². The first-order chi connectivity index (χ1) is 13.2. The Labute approximate surface area is 160 Å². The van der Waals surface area contributed by atoms with Crippen LogP contribution in [0.4, 0.5) is 5.69 Å². The minimum atomic E-state index is -0.177. The molecule has 0 spiro atoms. The topological polar surface area (TPSA) is 71.3 Å². The smallest absolute Gasteiger partial charge is 0.262 e. The first kappa shape index (κ1) is 17.2. The molecule has 2 aromatic carbocycles. The zero-order chi connectivity index (χ0) is 18.6. The highest BCUT2D eigenvalue weighted by Gasteiger charge is 2.20. The number of rotatable bonds is 4. The van der Waals surface area contributed by atoms with E-state index in [-0.39, 0.29) is 11.8 Å². The van der Waals surface area contributed by atoms with Gasteiger partial charge < -0.3 is 15.1 Å². The molecule has 4 rings (SSSR count). The number of anilines is 1. The third-order valence-corrected chi connectivity index (χ3v) is 5.15. The van der Waals surface area contributed by atoms with Gasteiger partial charge in [0.05, 0.1) is 23.4 Å². The summed E-state index contributed by atoms with van der Waals surface area (Å²) in [5.41, 5.74) is 2.23. The first-order valence-electron chi connectivity index (χ1n) is 8.39. The van der Waals surface area contributed by atoms with Crippen molar-refractivity contribution in [3.63, 3.8) is 0 Å². The van der Waals surface area contributed by atoms with E-state index in [1.54, 1.807) is 30.5 Å². The van der Waals surface area contributed by atoms with Gasteiger partial charge in [0.15, 0.2) is 0 Å². The summed E-state index contributed by atoms with van der Waals surface area (Å²) in [5, 5.41) is 5.69. The highest BCUT2D eigenvalue weighted by Crippen LogP contribution is 2.38. The lowest BCUT2D eigenvalue weighted by atomic mass is 10.1. The number of fused-ring (bicyclic) bond motifs is 1. The monoisotopic (exact) mass is 376 g/mol. The van der Waals surface area contributed by atoms with Gasteiger partial charge in [-0.2, -0.15) is 0 Å². The van der Waals surface area contributed by atoms with Crippen molar-refractivity contribution >= 4 is 35.3 Å². The second kappa shape index (κ2) is 7.55. The van der Waals surface area contributed by atoms with Crippen LogP contribution in [0.15, 0.2) is 81.1 Å². The van der Waals surface area contributed by atoms with Gasteiger partial charge in [-0.3, -0.25) is 9.59 Å². The fourth-order valence-electron chi connectivity index (χ4n) is 2.67. The first-order valence-corrected chi connectivity index (χ1v) is 9.21. The Kier molecular flexibility index (Phi) is 4.80. The van der Waals surface area contributed by atoms with Gasteiger partial charge in [-0.1, -0.05) is 36.0 Å². The molecule has 0 bridgehead atoms. The van der Waals surface area contributed by atoms with E-state index in [9.17, 15) is 9.59 Å². The van der Waals surface area contributed by atoms with Crippen LogP contribution in [0.5, 0.6) is 0 Å². The van der Waals surface area contributed by atoms with Crippen LogP contribution in [-0.4, -0.2) is 11.8 Å². The van der Waals surface area contributed by atoms with Gasteiger partial charge in [0.2, 0.25) is 0 Å². The number of carbonyl (C=O) groups excluding carboxylic acids is 2. The predicted molar refractivity (Wildman–Crippen MR) is 105 cm³/mol. The molecule has 0 radical (unpaired) electrons. The Bertz CT molecular complexity index is 1010. The van der Waals surface area contributed by atoms with E-state index < -0.39 is 0 Å². The van der Waals surface area contributed by atoms with Crippen molar-refractivity contribution in [3.05, 3.63) is 88.7 Å². The van der Waals surface area contributed by atoms with Crippen molar-refractivity contribution in [2.24, 2.45) is 0 Å². The number of hydrogen-bond acceptors (Lipinski definition) is 4. The van der Waals surface area contributed by atoms with Crippen LogP contribution in [0.2, 0.25) is 0 Å². The van der Waals surface area contributed by atoms with E-state index in [0.717, 1.165) is 16.1 Å². The van der Waals surface area contributed by atoms with Gasteiger partial charge in [-0.25, -0.2) is 0 Å². The summed E-state index contributed by atoms with van der Waals surface area (Å²) in [6.45, 7) is 0.341. The highest BCUT2D eigenvalue weighted by atomic mass is 32.2. The van der Waals surface area contributed by atoms with Crippen LogP contribution in [0.25, 0.3) is 6.08 Å². The largest absolute Gasteiger partial charge is 0.467 e. The second-order valence-electron chi connectivity index (χ2n) is 5.94. The molecule has 2 N–H and O–H groups in total. The second-order valence-corrected chi connectivity index (χ2v) is 7.03. The fourth-order valence-corrected chi connectivity index (χ4v) is 3.62. The Morgan fingerprint density at radius 3 is 2.67 bits per heavy atom. The van der Waals surface area contributed by atoms with E-state index in [1.807, 2.05) is 42.5 Å². The Morgan fingerprint density at radius 2 is 1.89 bits per heavy atom. The number of thioether (sulfide) groups is 1. The molecule has 1 aliphatic rings. The third kappa shape index (κ3) is 3.96. The molecule has 0 atom stereocenters. The van der Waals surface area contributed by atoms with Gasteiger partial charge in [0.25, 0.3) is 11.8 Å². The number of carbonyl (C=O) groups is 2. The molecule has 1 aliphatic heterocycles. The summed E-state index contributed by atoms with van der Waals surface area (Å²) in [5.74, 6) is 0.397. The zero-order valence-corrected chi connectivity index (χ0v) is 15.1. The van der Waals surface area contributed by atoms with E-state index >= 15 is 0 Å². The highest BCUT2D eigenvalue weighted by molar-refractivity contribution is 8.04. The minimum Gasteiger partial charge on any atom is -0.467 e. The Hall–Kier alpha value is -3.25. The predicted octanol–water partition coefficient (Wildman–Crippen LogP) is 4.29. The maximum absolute atomic E-state index is 12.3. The molecular weight excluding hydrogens is 360 g/mol. The van der Waals surface area contributed by atoms with Crippen molar-refractivity contribution in [2.75, 3.05) is 5.32 Å². The van der Waals surface area contributed by atoms with E-state index in [2.05, 4.69) is 10.6 Å². The van der Waals surface area contributed by atoms with Crippen molar-refractivity contribution in [1.29, 1.82) is 0 Å². The number of benzene rings is 2. The lowest BCUT2D eigenvalue weighted by molar-refractivity contribution is -0.112. The van der Waals surface area contributed by atoms with Crippen LogP contribution in [0.3, 0.4) is 0 Å². The molecule has 2 heterocycles. The summed E-state index contributed by atoms with van der Waals surface area (Å²) in [4.78, 5) is 26.1. The third-order valence-electron chi connectivity index (χ3n) is 4.05. The normalized spacial score (nSPS) is 14.5. The van der Waals surface area contributed by atoms with E-state index in [1.165, 1.54) is 11.8 Å². The molecule has 0 unspecified atom stereocenters. The van der Waals surface area contributed by atoms with Crippen molar-refractivity contribution in [2.45, 2.75) is 11.4 Å². The molecule has 5 nitrogen and oxygen atoms in total. The number of hydrogen-bond donors (Lipinski definition) is 2. The van der Waals surface area contributed by atoms with Crippen LogP contribution >= 0.6 is 11.8 Å². The molecule has 6 heteroatoms. The molecule has 0 aliphatic carbocycles. The standard InChI is InChI=1S/C21H16N2O3S/c24-20(22-13-16-4-3-11-26-16)15-9-7-14(8-10-15)12-19-21(25)23-17-5-1-2-6-18(17)27-19/h1-12H,13H2,(H,22,24)(H,23,25)/b19-12+. The van der Waals surface area contributed by atoms with Crippen molar-refractivity contribution < 1.29 is 14.0 Å². The van der Waals surface area contributed by atoms with Gasteiger partial charge in [-0.05, 0) is 48.0 Å². The number of para-hydroxylation sites is 1. The minimum absolute atomic E-state index is 0.126. The Morgan fingerprint density at radius 1 is 1.07 bits per heavy atom. The molecule has 3 aromatic rings. The summed E-state index contributed by atoms with van der Waals surface area (Å²) >= 11 is 1.44. The molecule has 27 heavy (non-hydrogen) atoms. The van der Waals surface area contributed by atoms with Crippen LogP contribution in [-0.2, 0) is 11.3 Å². The Balaban J connectivity index is 1.45. The number of amides is 2. The molecular formula is C21H16N2O3S. The fraction of sp³-hybridized carbons (Fsp3) is 0.0476. The molecule has 0 saturated carbocycles. The van der Waals surface area contributed by atoms with Gasteiger partial charge in [0.1, 0.15) is 5.76 Å². The van der Waals surface area contributed by atoms with E-state index in [4.69, 9.17) is 4.42 Å². The average molecular weight is 376 g/mol. The molecule has 1 aromatic heterocycles. The van der Waals surface area contributed by atoms with Gasteiger partial charge >= 0.3 is 0 Å². The lowest BCUT2D eigenvalue weighted by Crippen LogP contribution is -2.22. The lowest BCUT2D eigenvalue weighted by Gasteiger charge is -2.18. The van der Waals surface area contributed by atoms with Gasteiger partial charge in [0, 0.05) is 10.5 Å². The molecule has 134 valence electrons. The summed E-state index contributed by atoms with van der Waals surface area (Å²) in [6, 6.07) is 18.4. The maximum atomic E-state index is 12.3. The maximum Gasteiger partial charge on any atom is 0.262 e. The summed E-state index contributed by atoms with van der Waals surface area (Å²) in [6.07, 6.45) is 3.39. The van der Waals surface area contributed by atoms with Crippen LogP contribution in [0, 0.1) is 0 Å². The zero-order valence-electron chi connectivity index (χ0n) is 14.3. The van der Waals surface area contributed by atoms with Crippen molar-refractivity contribution in [1.82, 2.24) is 5.32 Å². The average Bonchev–Trinajstić information content (AvgIpc) is 3.21. The quantitative estimate of drug-likeness (QED) is 0.666. The molecule has 2 amide bonds.